The van der Waals surface area contributed by atoms with Crippen molar-refractivity contribution in [2.24, 2.45) is 7.05 Å². The second-order valence-electron chi connectivity index (χ2n) is 3.04. The van der Waals surface area contributed by atoms with Crippen LogP contribution in [0.4, 0.5) is 0 Å². The summed E-state index contributed by atoms with van der Waals surface area (Å²) >= 11 is 0. The Morgan fingerprint density at radius 3 is 2.85 bits per heavy atom. The van der Waals surface area contributed by atoms with Crippen LogP contribution in [0.1, 0.15) is 24.6 Å². The summed E-state index contributed by atoms with van der Waals surface area (Å²) in [6, 6.07) is 0. The van der Waals surface area contributed by atoms with Crippen LogP contribution in [0.25, 0.3) is 0 Å². The van der Waals surface area contributed by atoms with E-state index in [2.05, 4.69) is 10.4 Å². The molecule has 1 aromatic rings. The molecule has 0 aliphatic rings. The summed E-state index contributed by atoms with van der Waals surface area (Å²) in [5, 5.41) is 6.99. The highest BCUT2D eigenvalue weighted by atomic mass is 16.1. The molecule has 1 heterocycles. The first-order chi connectivity index (χ1) is 6.13. The van der Waals surface area contributed by atoms with Crippen molar-refractivity contribution in [3.05, 3.63) is 17.5 Å². The average molecular weight is 181 g/mol. The van der Waals surface area contributed by atoms with Gasteiger partial charge >= 0.3 is 0 Å². The lowest BCUT2D eigenvalue weighted by Gasteiger charge is -2.00. The van der Waals surface area contributed by atoms with Crippen LogP contribution in [0, 0.1) is 6.92 Å². The molecular formula is C9H15N3O. The van der Waals surface area contributed by atoms with Crippen molar-refractivity contribution in [2.45, 2.75) is 26.8 Å². The fourth-order valence-corrected chi connectivity index (χ4v) is 1.14. The molecule has 0 bridgehead atoms. The third-order valence-electron chi connectivity index (χ3n) is 1.91. The zero-order valence-electron chi connectivity index (χ0n) is 8.29. The maximum atomic E-state index is 11.0. The van der Waals surface area contributed by atoms with Gasteiger partial charge in [-0.25, -0.2) is 0 Å². The smallest absolute Gasteiger partial charge is 0.219 e. The van der Waals surface area contributed by atoms with E-state index < -0.39 is 0 Å². The van der Waals surface area contributed by atoms with Gasteiger partial charge in [-0.2, -0.15) is 5.10 Å². The number of carbonyl (C=O) groups excluding carboxylic acids is 1. The minimum absolute atomic E-state index is 0.0725. The van der Waals surface area contributed by atoms with Gasteiger partial charge in [0.2, 0.25) is 5.91 Å². The number of amides is 1. The van der Waals surface area contributed by atoms with Crippen molar-refractivity contribution in [1.29, 1.82) is 0 Å². The van der Waals surface area contributed by atoms with Gasteiger partial charge < -0.3 is 5.32 Å². The molecule has 0 saturated heterocycles. The minimum Gasteiger partial charge on any atom is -0.352 e. The normalized spacial score (nSPS) is 10.1. The second-order valence-corrected chi connectivity index (χ2v) is 3.04. The molecule has 0 saturated carbocycles. The van der Waals surface area contributed by atoms with Crippen molar-refractivity contribution < 1.29 is 4.79 Å². The molecule has 0 radical (unpaired) electrons. The molecule has 1 aromatic heterocycles. The van der Waals surface area contributed by atoms with Crippen LogP contribution in [0.2, 0.25) is 0 Å². The summed E-state index contributed by atoms with van der Waals surface area (Å²) in [6.45, 7) is 4.35. The SMILES string of the molecule is CCC(=O)NCc1cn(C)nc1C. The summed E-state index contributed by atoms with van der Waals surface area (Å²) in [6.07, 6.45) is 2.45. The van der Waals surface area contributed by atoms with Crippen LogP contribution in [0.15, 0.2) is 6.20 Å². The Hall–Kier alpha value is -1.32. The molecule has 13 heavy (non-hydrogen) atoms. The number of carbonyl (C=O) groups is 1. The number of aryl methyl sites for hydroxylation is 2. The van der Waals surface area contributed by atoms with E-state index in [9.17, 15) is 4.79 Å². The van der Waals surface area contributed by atoms with Gasteiger partial charge in [-0.1, -0.05) is 6.92 Å². The van der Waals surface area contributed by atoms with Crippen molar-refractivity contribution >= 4 is 5.91 Å². The lowest BCUT2D eigenvalue weighted by Crippen LogP contribution is -2.21. The number of hydrogen-bond donors (Lipinski definition) is 1. The summed E-state index contributed by atoms with van der Waals surface area (Å²) in [4.78, 5) is 11.0. The van der Waals surface area contributed by atoms with Crippen molar-refractivity contribution in [3.8, 4) is 0 Å². The standard InChI is InChI=1S/C9H15N3O/c1-4-9(13)10-5-8-6-12(3)11-7(8)2/h6H,4-5H2,1-3H3,(H,10,13). The molecule has 0 unspecified atom stereocenters. The third kappa shape index (κ3) is 2.57. The first-order valence-electron chi connectivity index (χ1n) is 4.39. The Morgan fingerprint density at radius 2 is 2.38 bits per heavy atom. The number of hydrogen-bond acceptors (Lipinski definition) is 2. The predicted octanol–water partition coefficient (Wildman–Crippen LogP) is 0.755. The number of nitrogens with zero attached hydrogens (tertiary/aromatic N) is 2. The Labute approximate surface area is 77.9 Å². The van der Waals surface area contributed by atoms with Crippen molar-refractivity contribution in [3.63, 3.8) is 0 Å². The van der Waals surface area contributed by atoms with Crippen LogP contribution in [0.5, 0.6) is 0 Å². The van der Waals surface area contributed by atoms with E-state index >= 15 is 0 Å². The first kappa shape index (κ1) is 9.77. The molecule has 1 amide bonds. The molecule has 0 atom stereocenters. The summed E-state index contributed by atoms with van der Waals surface area (Å²) in [7, 11) is 1.87. The summed E-state index contributed by atoms with van der Waals surface area (Å²) in [5.74, 6) is 0.0725. The van der Waals surface area contributed by atoms with E-state index in [4.69, 9.17) is 0 Å². The van der Waals surface area contributed by atoms with E-state index in [1.807, 2.05) is 27.1 Å². The third-order valence-corrected chi connectivity index (χ3v) is 1.91. The van der Waals surface area contributed by atoms with Crippen LogP contribution in [-0.4, -0.2) is 15.7 Å². The average Bonchev–Trinajstić information content (AvgIpc) is 2.41. The maximum absolute atomic E-state index is 11.0. The Kier molecular flexibility index (Phi) is 3.06. The number of nitrogens with one attached hydrogen (secondary N) is 1. The highest BCUT2D eigenvalue weighted by molar-refractivity contribution is 5.75. The van der Waals surface area contributed by atoms with Gasteiger partial charge in [0.1, 0.15) is 0 Å². The molecule has 1 N–H and O–H groups in total. The monoisotopic (exact) mass is 181 g/mol. The van der Waals surface area contributed by atoms with E-state index in [0.717, 1.165) is 11.3 Å². The van der Waals surface area contributed by atoms with E-state index in [0.29, 0.717) is 13.0 Å². The van der Waals surface area contributed by atoms with Crippen LogP contribution in [0.3, 0.4) is 0 Å². The Morgan fingerprint density at radius 1 is 1.69 bits per heavy atom. The van der Waals surface area contributed by atoms with Crippen molar-refractivity contribution in [2.75, 3.05) is 0 Å². The minimum atomic E-state index is 0.0725. The molecule has 0 fully saturated rings. The quantitative estimate of drug-likeness (QED) is 0.748. The van der Waals surface area contributed by atoms with Crippen LogP contribution < -0.4 is 5.32 Å². The molecule has 0 aromatic carbocycles. The molecule has 0 spiro atoms. The Balaban J connectivity index is 2.54. The molecule has 0 aliphatic heterocycles. The number of rotatable bonds is 3. The predicted molar refractivity (Wildman–Crippen MR) is 50.1 cm³/mol. The van der Waals surface area contributed by atoms with Gasteiger partial charge in [-0.15, -0.1) is 0 Å². The molecule has 4 heteroatoms. The molecular weight excluding hydrogens is 166 g/mol. The fraction of sp³-hybridized carbons (Fsp3) is 0.556. The van der Waals surface area contributed by atoms with Gasteiger partial charge in [0.15, 0.2) is 0 Å². The highest BCUT2D eigenvalue weighted by Crippen LogP contribution is 2.03. The van der Waals surface area contributed by atoms with Crippen LogP contribution in [-0.2, 0) is 18.4 Å². The van der Waals surface area contributed by atoms with Gasteiger partial charge in [-0.3, -0.25) is 9.48 Å². The second kappa shape index (κ2) is 4.07. The molecule has 72 valence electrons. The fourth-order valence-electron chi connectivity index (χ4n) is 1.14. The van der Waals surface area contributed by atoms with E-state index in [1.54, 1.807) is 4.68 Å². The first-order valence-corrected chi connectivity index (χ1v) is 4.39. The maximum Gasteiger partial charge on any atom is 0.219 e. The van der Waals surface area contributed by atoms with Gasteiger partial charge in [0, 0.05) is 31.8 Å². The van der Waals surface area contributed by atoms with E-state index in [-0.39, 0.29) is 5.91 Å². The summed E-state index contributed by atoms with van der Waals surface area (Å²) < 4.78 is 1.75. The van der Waals surface area contributed by atoms with Crippen molar-refractivity contribution in [1.82, 2.24) is 15.1 Å². The van der Waals surface area contributed by atoms with Crippen LogP contribution >= 0.6 is 0 Å². The summed E-state index contributed by atoms with van der Waals surface area (Å²) in [5.41, 5.74) is 2.04. The largest absolute Gasteiger partial charge is 0.352 e. The van der Waals surface area contributed by atoms with Gasteiger partial charge in [0.05, 0.1) is 5.69 Å². The lowest BCUT2D eigenvalue weighted by atomic mass is 10.2. The highest BCUT2D eigenvalue weighted by Gasteiger charge is 2.03. The molecule has 0 aliphatic carbocycles. The van der Waals surface area contributed by atoms with Gasteiger partial charge in [-0.05, 0) is 6.92 Å². The molecule has 1 rings (SSSR count). The lowest BCUT2D eigenvalue weighted by molar-refractivity contribution is -0.120. The van der Waals surface area contributed by atoms with E-state index in [1.165, 1.54) is 0 Å². The Bertz CT molecular complexity index is 304. The zero-order valence-corrected chi connectivity index (χ0v) is 8.29. The number of aromatic nitrogens is 2. The topological polar surface area (TPSA) is 46.9 Å². The molecule has 4 nitrogen and oxygen atoms in total. The zero-order chi connectivity index (χ0) is 9.84. The van der Waals surface area contributed by atoms with Gasteiger partial charge in [0.25, 0.3) is 0 Å².